The fourth-order valence-electron chi connectivity index (χ4n) is 3.05. The second-order valence-electron chi connectivity index (χ2n) is 6.92. The van der Waals surface area contributed by atoms with Gasteiger partial charge in [-0.15, -0.1) is 0 Å². The molecular weight excluding hydrogens is 378 g/mol. The average Bonchev–Trinajstić information content (AvgIpc) is 2.79. The highest BCUT2D eigenvalue weighted by Crippen LogP contribution is 2.27. The van der Waals surface area contributed by atoms with Gasteiger partial charge in [-0.05, 0) is 61.0 Å². The summed E-state index contributed by atoms with van der Waals surface area (Å²) in [4.78, 5) is 21.5. The van der Waals surface area contributed by atoms with Gasteiger partial charge in [0.25, 0.3) is 0 Å². The lowest BCUT2D eigenvalue weighted by Gasteiger charge is -2.11. The molecule has 0 aliphatic carbocycles. The van der Waals surface area contributed by atoms with Crippen molar-refractivity contribution in [3.8, 4) is 34.0 Å². The van der Waals surface area contributed by atoms with E-state index in [0.717, 1.165) is 53.3 Å². The summed E-state index contributed by atoms with van der Waals surface area (Å²) in [5, 5.41) is 2.86. The van der Waals surface area contributed by atoms with Gasteiger partial charge in [0, 0.05) is 17.5 Å². The minimum Gasteiger partial charge on any atom is -0.497 e. The summed E-state index contributed by atoms with van der Waals surface area (Å²) in [6, 6.07) is 17.2. The fourth-order valence-corrected chi connectivity index (χ4v) is 3.05. The molecule has 0 atom stereocenters. The molecule has 0 aliphatic heterocycles. The normalized spacial score (nSPS) is 10.5. The summed E-state index contributed by atoms with van der Waals surface area (Å²) in [5.74, 6) is 1.77. The second-order valence-corrected chi connectivity index (χ2v) is 6.92. The highest BCUT2D eigenvalue weighted by atomic mass is 16.5. The van der Waals surface area contributed by atoms with E-state index in [2.05, 4.69) is 22.2 Å². The summed E-state index contributed by atoms with van der Waals surface area (Å²) in [6.45, 7) is 2.11. The number of amides is 1. The van der Waals surface area contributed by atoms with Crippen LogP contribution >= 0.6 is 0 Å². The molecule has 3 rings (SSSR count). The molecule has 30 heavy (non-hydrogen) atoms. The Balaban J connectivity index is 1.94. The van der Waals surface area contributed by atoms with Gasteiger partial charge in [-0.25, -0.2) is 9.97 Å². The summed E-state index contributed by atoms with van der Waals surface area (Å²) in [7, 11) is 3.27. The van der Waals surface area contributed by atoms with Crippen molar-refractivity contribution in [1.29, 1.82) is 0 Å². The molecular formula is C24H27N3O3. The molecule has 0 bridgehead atoms. The van der Waals surface area contributed by atoms with Gasteiger partial charge in [-0.1, -0.05) is 19.8 Å². The van der Waals surface area contributed by atoms with Crippen molar-refractivity contribution in [2.45, 2.75) is 32.6 Å². The highest BCUT2D eigenvalue weighted by molar-refractivity contribution is 5.89. The number of methoxy groups -OCH3 is 2. The summed E-state index contributed by atoms with van der Waals surface area (Å²) >= 11 is 0. The van der Waals surface area contributed by atoms with Crippen LogP contribution in [0.5, 0.6) is 11.5 Å². The fraction of sp³-hybridized carbons (Fsp3) is 0.292. The minimum atomic E-state index is -0.0731. The number of hydrogen-bond donors (Lipinski definition) is 1. The Kier molecular flexibility index (Phi) is 7.38. The Morgan fingerprint density at radius 1 is 0.833 bits per heavy atom. The Hall–Kier alpha value is -3.41. The topological polar surface area (TPSA) is 73.3 Å². The Bertz CT molecular complexity index is 904. The lowest BCUT2D eigenvalue weighted by atomic mass is 10.1. The third-order valence-corrected chi connectivity index (χ3v) is 4.76. The van der Waals surface area contributed by atoms with Crippen LogP contribution in [-0.2, 0) is 4.79 Å². The van der Waals surface area contributed by atoms with Crippen LogP contribution in [0.3, 0.4) is 0 Å². The van der Waals surface area contributed by atoms with Crippen molar-refractivity contribution in [3.63, 3.8) is 0 Å². The van der Waals surface area contributed by atoms with E-state index in [1.165, 1.54) is 0 Å². The van der Waals surface area contributed by atoms with Gasteiger partial charge in [-0.3, -0.25) is 10.1 Å². The standard InChI is InChI=1S/C24H27N3O3/c1-4-5-6-7-23(28)27-24-25-21(17-8-12-19(29-2)13-9-17)16-22(26-24)18-10-14-20(30-3)15-11-18/h8-16H,4-7H2,1-3H3,(H,25,26,27,28). The van der Waals surface area contributed by atoms with E-state index in [1.807, 2.05) is 54.6 Å². The third-order valence-electron chi connectivity index (χ3n) is 4.76. The van der Waals surface area contributed by atoms with E-state index in [9.17, 15) is 4.79 Å². The first-order valence-corrected chi connectivity index (χ1v) is 10.1. The number of ether oxygens (including phenoxy) is 2. The van der Waals surface area contributed by atoms with E-state index >= 15 is 0 Å². The maximum absolute atomic E-state index is 12.3. The molecule has 0 aliphatic rings. The van der Waals surface area contributed by atoms with E-state index in [0.29, 0.717) is 12.4 Å². The van der Waals surface area contributed by atoms with Crippen LogP contribution in [0, 0.1) is 0 Å². The van der Waals surface area contributed by atoms with Crippen molar-refractivity contribution in [2.24, 2.45) is 0 Å². The molecule has 6 heteroatoms. The zero-order valence-corrected chi connectivity index (χ0v) is 17.6. The van der Waals surface area contributed by atoms with E-state index in [4.69, 9.17) is 9.47 Å². The van der Waals surface area contributed by atoms with Crippen molar-refractivity contribution in [3.05, 3.63) is 54.6 Å². The maximum Gasteiger partial charge on any atom is 0.230 e. The monoisotopic (exact) mass is 405 g/mol. The van der Waals surface area contributed by atoms with E-state index in [-0.39, 0.29) is 5.91 Å². The number of nitrogens with zero attached hydrogens (tertiary/aromatic N) is 2. The predicted octanol–water partition coefficient (Wildman–Crippen LogP) is 5.35. The molecule has 0 spiro atoms. The van der Waals surface area contributed by atoms with Crippen molar-refractivity contribution < 1.29 is 14.3 Å². The van der Waals surface area contributed by atoms with E-state index in [1.54, 1.807) is 14.2 Å². The lowest BCUT2D eigenvalue weighted by Crippen LogP contribution is -2.14. The Morgan fingerprint density at radius 3 is 1.77 bits per heavy atom. The number of carbonyl (C=O) groups excluding carboxylic acids is 1. The van der Waals surface area contributed by atoms with Gasteiger partial charge in [0.1, 0.15) is 11.5 Å². The quantitative estimate of drug-likeness (QED) is 0.486. The van der Waals surface area contributed by atoms with Gasteiger partial charge in [0.05, 0.1) is 25.6 Å². The molecule has 1 N–H and O–H groups in total. The zero-order chi connectivity index (χ0) is 21.3. The van der Waals surface area contributed by atoms with Gasteiger partial charge >= 0.3 is 0 Å². The van der Waals surface area contributed by atoms with Gasteiger partial charge in [0.2, 0.25) is 11.9 Å². The zero-order valence-electron chi connectivity index (χ0n) is 17.6. The van der Waals surface area contributed by atoms with Crippen LogP contribution in [0.4, 0.5) is 5.95 Å². The predicted molar refractivity (Wildman–Crippen MR) is 119 cm³/mol. The van der Waals surface area contributed by atoms with Crippen molar-refractivity contribution in [1.82, 2.24) is 9.97 Å². The molecule has 156 valence electrons. The van der Waals surface area contributed by atoms with Crippen LogP contribution in [0.1, 0.15) is 32.6 Å². The first-order chi connectivity index (χ1) is 14.6. The van der Waals surface area contributed by atoms with Crippen LogP contribution in [-0.4, -0.2) is 30.1 Å². The molecule has 0 unspecified atom stereocenters. The molecule has 1 aromatic heterocycles. The number of benzene rings is 2. The number of nitrogens with one attached hydrogen (secondary N) is 1. The molecule has 0 saturated heterocycles. The molecule has 1 amide bonds. The summed E-state index contributed by atoms with van der Waals surface area (Å²) < 4.78 is 10.5. The molecule has 2 aromatic carbocycles. The number of hydrogen-bond acceptors (Lipinski definition) is 5. The molecule has 1 heterocycles. The molecule has 3 aromatic rings. The van der Waals surface area contributed by atoms with E-state index < -0.39 is 0 Å². The van der Waals surface area contributed by atoms with Crippen molar-refractivity contribution in [2.75, 3.05) is 19.5 Å². The second kappa shape index (κ2) is 10.4. The molecule has 0 radical (unpaired) electrons. The smallest absolute Gasteiger partial charge is 0.230 e. The number of anilines is 1. The number of aromatic nitrogens is 2. The number of rotatable bonds is 9. The molecule has 0 fully saturated rings. The maximum atomic E-state index is 12.3. The van der Waals surface area contributed by atoms with Crippen LogP contribution < -0.4 is 14.8 Å². The SMILES string of the molecule is CCCCCC(=O)Nc1nc(-c2ccc(OC)cc2)cc(-c2ccc(OC)cc2)n1. The first kappa shape index (κ1) is 21.3. The van der Waals surface area contributed by atoms with Crippen LogP contribution in [0.2, 0.25) is 0 Å². The van der Waals surface area contributed by atoms with Crippen molar-refractivity contribution >= 4 is 11.9 Å². The minimum absolute atomic E-state index is 0.0731. The average molecular weight is 405 g/mol. The summed E-state index contributed by atoms with van der Waals surface area (Å²) in [6.07, 6.45) is 3.41. The Morgan fingerprint density at radius 2 is 1.33 bits per heavy atom. The number of carbonyl (C=O) groups is 1. The van der Waals surface area contributed by atoms with Crippen LogP contribution in [0.25, 0.3) is 22.5 Å². The molecule has 0 saturated carbocycles. The largest absolute Gasteiger partial charge is 0.497 e. The van der Waals surface area contributed by atoms with Crippen LogP contribution in [0.15, 0.2) is 54.6 Å². The Labute approximate surface area is 177 Å². The van der Waals surface area contributed by atoms with Gasteiger partial charge in [0.15, 0.2) is 0 Å². The van der Waals surface area contributed by atoms with Gasteiger partial charge < -0.3 is 9.47 Å². The highest BCUT2D eigenvalue weighted by Gasteiger charge is 2.11. The summed E-state index contributed by atoms with van der Waals surface area (Å²) in [5.41, 5.74) is 3.27. The third kappa shape index (κ3) is 5.56. The number of unbranched alkanes of at least 4 members (excludes halogenated alkanes) is 2. The van der Waals surface area contributed by atoms with Gasteiger partial charge in [-0.2, -0.15) is 0 Å². The molecule has 6 nitrogen and oxygen atoms in total. The lowest BCUT2D eigenvalue weighted by molar-refractivity contribution is -0.116. The first-order valence-electron chi connectivity index (χ1n) is 10.1.